The third kappa shape index (κ3) is 2.69. The Kier molecular flexibility index (Phi) is 3.33. The lowest BCUT2D eigenvalue weighted by atomic mass is 10.3. The average Bonchev–Trinajstić information content (AvgIpc) is 3.07. The van der Waals surface area contributed by atoms with E-state index in [1.807, 2.05) is 47.1 Å². The Hall–Kier alpha value is -2.07. The molecule has 4 heteroatoms. The fraction of sp³-hybridized carbons (Fsp3) is 0.133. The Balaban J connectivity index is 1.63. The van der Waals surface area contributed by atoms with Crippen molar-refractivity contribution in [1.29, 1.82) is 0 Å². The summed E-state index contributed by atoms with van der Waals surface area (Å²) in [5, 5.41) is 5.01. The van der Waals surface area contributed by atoms with Crippen molar-refractivity contribution in [2.24, 2.45) is 0 Å². The Labute approximate surface area is 115 Å². The summed E-state index contributed by atoms with van der Waals surface area (Å²) in [6, 6.07) is 11.9. The molecule has 96 valence electrons. The molecule has 0 fully saturated rings. The molecule has 0 aliphatic heterocycles. The number of carbonyl (C=O) groups is 1. The summed E-state index contributed by atoms with van der Waals surface area (Å²) in [6.07, 6.45) is 4.68. The molecule has 1 N–H and O–H groups in total. The van der Waals surface area contributed by atoms with Gasteiger partial charge in [0.15, 0.2) is 0 Å². The summed E-state index contributed by atoms with van der Waals surface area (Å²) in [4.78, 5) is 13.3. The highest BCUT2D eigenvalue weighted by Crippen LogP contribution is 2.10. The molecule has 0 aromatic carbocycles. The topological polar surface area (TPSA) is 33.5 Å². The van der Waals surface area contributed by atoms with Gasteiger partial charge in [-0.05, 0) is 36.1 Å². The van der Waals surface area contributed by atoms with E-state index >= 15 is 0 Å². The molecular formula is C15H14N2OS. The Morgan fingerprint density at radius 1 is 1.26 bits per heavy atom. The molecule has 0 saturated heterocycles. The highest BCUT2D eigenvalue weighted by Gasteiger charge is 2.07. The molecule has 0 saturated carbocycles. The first-order valence-corrected chi connectivity index (χ1v) is 7.08. The number of fused-ring (bicyclic) bond motifs is 1. The van der Waals surface area contributed by atoms with Crippen molar-refractivity contribution in [3.05, 3.63) is 64.6 Å². The monoisotopic (exact) mass is 270 g/mol. The highest BCUT2D eigenvalue weighted by molar-refractivity contribution is 7.09. The molecular weight excluding hydrogens is 256 g/mol. The molecule has 1 amide bonds. The van der Waals surface area contributed by atoms with E-state index in [9.17, 15) is 4.79 Å². The smallest absolute Gasteiger partial charge is 0.252 e. The Bertz CT molecular complexity index is 652. The van der Waals surface area contributed by atoms with Gasteiger partial charge in [-0.25, -0.2) is 0 Å². The van der Waals surface area contributed by atoms with Gasteiger partial charge in [-0.3, -0.25) is 4.79 Å². The van der Waals surface area contributed by atoms with Gasteiger partial charge in [0.05, 0.1) is 5.56 Å². The molecule has 0 atom stereocenters. The minimum Gasteiger partial charge on any atom is -0.352 e. The summed E-state index contributed by atoms with van der Waals surface area (Å²) in [7, 11) is 0. The second-order valence-corrected chi connectivity index (χ2v) is 5.38. The zero-order valence-corrected chi connectivity index (χ0v) is 11.2. The quantitative estimate of drug-likeness (QED) is 0.777. The lowest BCUT2D eigenvalue weighted by Gasteiger charge is -2.01. The predicted molar refractivity (Wildman–Crippen MR) is 77.8 cm³/mol. The van der Waals surface area contributed by atoms with E-state index in [4.69, 9.17) is 0 Å². The van der Waals surface area contributed by atoms with Gasteiger partial charge < -0.3 is 9.72 Å². The van der Waals surface area contributed by atoms with Crippen molar-refractivity contribution < 1.29 is 4.79 Å². The van der Waals surface area contributed by atoms with Gasteiger partial charge >= 0.3 is 0 Å². The molecule has 0 radical (unpaired) electrons. The van der Waals surface area contributed by atoms with Crippen molar-refractivity contribution in [3.63, 3.8) is 0 Å². The van der Waals surface area contributed by atoms with Crippen LogP contribution in [0.5, 0.6) is 0 Å². The summed E-state index contributed by atoms with van der Waals surface area (Å²) in [6.45, 7) is 0.672. The van der Waals surface area contributed by atoms with Crippen LogP contribution in [0, 0.1) is 0 Å². The van der Waals surface area contributed by atoms with Crippen molar-refractivity contribution in [2.75, 3.05) is 6.54 Å². The molecule has 0 aliphatic carbocycles. The van der Waals surface area contributed by atoms with Gasteiger partial charge in [0.1, 0.15) is 0 Å². The van der Waals surface area contributed by atoms with E-state index in [1.165, 1.54) is 4.88 Å². The average molecular weight is 270 g/mol. The van der Waals surface area contributed by atoms with E-state index in [-0.39, 0.29) is 5.91 Å². The van der Waals surface area contributed by atoms with Crippen LogP contribution >= 0.6 is 11.3 Å². The van der Waals surface area contributed by atoms with Gasteiger partial charge in [-0.15, -0.1) is 11.3 Å². The molecule has 3 rings (SSSR count). The molecule has 3 heterocycles. The van der Waals surface area contributed by atoms with Crippen LogP contribution in [0.15, 0.2) is 54.2 Å². The second-order valence-electron chi connectivity index (χ2n) is 4.35. The van der Waals surface area contributed by atoms with Gasteiger partial charge in [0, 0.05) is 29.3 Å². The molecule has 0 bridgehead atoms. The maximum atomic E-state index is 12.0. The van der Waals surface area contributed by atoms with E-state index in [2.05, 4.69) is 16.8 Å². The van der Waals surface area contributed by atoms with Crippen LogP contribution in [0.2, 0.25) is 0 Å². The first-order chi connectivity index (χ1) is 9.33. The number of rotatable bonds is 4. The number of thiophene rings is 1. The number of aromatic nitrogens is 1. The van der Waals surface area contributed by atoms with Gasteiger partial charge in [-0.2, -0.15) is 0 Å². The summed E-state index contributed by atoms with van der Waals surface area (Å²) < 4.78 is 1.95. The number of carbonyl (C=O) groups excluding carboxylic acids is 1. The first-order valence-electron chi connectivity index (χ1n) is 6.20. The van der Waals surface area contributed by atoms with Crippen molar-refractivity contribution in [1.82, 2.24) is 9.72 Å². The third-order valence-corrected chi connectivity index (χ3v) is 3.94. The number of nitrogens with one attached hydrogen (secondary N) is 1. The molecule has 3 aromatic heterocycles. The van der Waals surface area contributed by atoms with Gasteiger partial charge in [0.2, 0.25) is 0 Å². The summed E-state index contributed by atoms with van der Waals surface area (Å²) in [5.41, 5.74) is 1.74. The van der Waals surface area contributed by atoms with E-state index in [1.54, 1.807) is 11.3 Å². The summed E-state index contributed by atoms with van der Waals surface area (Å²) >= 11 is 1.72. The molecule has 3 nitrogen and oxygen atoms in total. The van der Waals surface area contributed by atoms with Crippen LogP contribution < -0.4 is 5.32 Å². The summed E-state index contributed by atoms with van der Waals surface area (Å²) in [5.74, 6) is -0.0137. The zero-order chi connectivity index (χ0) is 13.1. The number of pyridine rings is 1. The maximum Gasteiger partial charge on any atom is 0.252 e. The lowest BCUT2D eigenvalue weighted by molar-refractivity contribution is 0.0954. The fourth-order valence-corrected chi connectivity index (χ4v) is 2.74. The molecule has 0 aliphatic rings. The van der Waals surface area contributed by atoms with E-state index < -0.39 is 0 Å². The van der Waals surface area contributed by atoms with E-state index in [0.717, 1.165) is 11.9 Å². The van der Waals surface area contributed by atoms with Crippen molar-refractivity contribution in [2.45, 2.75) is 6.42 Å². The number of nitrogens with zero attached hydrogens (tertiary/aromatic N) is 1. The SMILES string of the molecule is O=C(NCCc1cccs1)c1cc2ccccn2c1. The normalized spacial score (nSPS) is 10.7. The molecule has 19 heavy (non-hydrogen) atoms. The van der Waals surface area contributed by atoms with Crippen LogP contribution in [0.3, 0.4) is 0 Å². The molecule has 0 unspecified atom stereocenters. The van der Waals surface area contributed by atoms with Crippen LogP contribution in [-0.2, 0) is 6.42 Å². The Morgan fingerprint density at radius 3 is 3.00 bits per heavy atom. The van der Waals surface area contributed by atoms with Crippen LogP contribution in [-0.4, -0.2) is 16.9 Å². The van der Waals surface area contributed by atoms with Gasteiger partial charge in [0.25, 0.3) is 5.91 Å². The Morgan fingerprint density at radius 2 is 2.21 bits per heavy atom. The maximum absolute atomic E-state index is 12.0. The lowest BCUT2D eigenvalue weighted by Crippen LogP contribution is -2.25. The van der Waals surface area contributed by atoms with Crippen LogP contribution in [0.1, 0.15) is 15.2 Å². The van der Waals surface area contributed by atoms with Crippen LogP contribution in [0.25, 0.3) is 5.52 Å². The predicted octanol–water partition coefficient (Wildman–Crippen LogP) is 2.97. The molecule has 3 aromatic rings. The van der Waals surface area contributed by atoms with Gasteiger partial charge in [-0.1, -0.05) is 12.1 Å². The van der Waals surface area contributed by atoms with Crippen molar-refractivity contribution in [3.8, 4) is 0 Å². The minimum atomic E-state index is -0.0137. The molecule has 0 spiro atoms. The number of amides is 1. The standard InChI is InChI=1S/C15H14N2OS/c18-15(16-7-6-14-5-3-9-19-14)12-10-13-4-1-2-8-17(13)11-12/h1-5,8-11H,6-7H2,(H,16,18). The number of hydrogen-bond acceptors (Lipinski definition) is 2. The largest absolute Gasteiger partial charge is 0.352 e. The minimum absolute atomic E-state index is 0.0137. The number of hydrogen-bond donors (Lipinski definition) is 1. The second kappa shape index (κ2) is 5.28. The third-order valence-electron chi connectivity index (χ3n) is 3.00. The van der Waals surface area contributed by atoms with Crippen LogP contribution in [0.4, 0.5) is 0 Å². The first kappa shape index (κ1) is 12.0. The van der Waals surface area contributed by atoms with Crippen molar-refractivity contribution >= 4 is 22.8 Å². The van der Waals surface area contributed by atoms with E-state index in [0.29, 0.717) is 12.1 Å². The highest BCUT2D eigenvalue weighted by atomic mass is 32.1. The fourth-order valence-electron chi connectivity index (χ4n) is 2.04. The zero-order valence-electron chi connectivity index (χ0n) is 10.4.